The first-order valence-corrected chi connectivity index (χ1v) is 13.0. The summed E-state index contributed by atoms with van der Waals surface area (Å²) in [6.45, 7) is 34.1. The zero-order chi connectivity index (χ0) is 23.3. The van der Waals surface area contributed by atoms with Gasteiger partial charge in [0.25, 0.3) is 0 Å². The molecule has 0 aromatic carbocycles. The summed E-state index contributed by atoms with van der Waals surface area (Å²) in [5.74, 6) is 0. The van der Waals surface area contributed by atoms with Crippen molar-refractivity contribution in [2.24, 2.45) is 0 Å². The Hall–Kier alpha value is -0.160. The second-order valence-corrected chi connectivity index (χ2v) is 10.5. The summed E-state index contributed by atoms with van der Waals surface area (Å²) < 4.78 is 0. The summed E-state index contributed by atoms with van der Waals surface area (Å²) in [4.78, 5) is 10.6. The molecule has 0 aliphatic carbocycles. The minimum atomic E-state index is 0.633. The summed E-state index contributed by atoms with van der Waals surface area (Å²) in [7, 11) is 0. The molecular formula is C26H58N4. The summed E-state index contributed by atoms with van der Waals surface area (Å²) in [6, 6.07) is 3.20. The SMILES string of the molecule is CCN(CCCN(CCCN(CCCN(C(C)C)C(C)C)C(C)C)C(C)C)C(C)C. The number of hydrogen-bond donors (Lipinski definition) is 0. The molecule has 0 saturated heterocycles. The zero-order valence-corrected chi connectivity index (χ0v) is 22.7. The Morgan fingerprint density at radius 2 is 0.700 bits per heavy atom. The van der Waals surface area contributed by atoms with E-state index in [0.29, 0.717) is 30.2 Å². The van der Waals surface area contributed by atoms with Crippen LogP contribution in [0.4, 0.5) is 0 Å². The average molecular weight is 427 g/mol. The Morgan fingerprint density at radius 1 is 0.400 bits per heavy atom. The third kappa shape index (κ3) is 12.6. The Bertz CT molecular complexity index is 384. The van der Waals surface area contributed by atoms with Crippen LogP contribution in [0.25, 0.3) is 0 Å². The van der Waals surface area contributed by atoms with Gasteiger partial charge in [0.05, 0.1) is 0 Å². The van der Waals surface area contributed by atoms with Crippen LogP contribution in [0.5, 0.6) is 0 Å². The summed E-state index contributed by atoms with van der Waals surface area (Å²) in [5.41, 5.74) is 0. The highest BCUT2D eigenvalue weighted by Gasteiger charge is 2.16. The van der Waals surface area contributed by atoms with Crippen molar-refractivity contribution >= 4 is 0 Å². The van der Waals surface area contributed by atoms with Crippen LogP contribution >= 0.6 is 0 Å². The minimum Gasteiger partial charge on any atom is -0.301 e. The highest BCUT2D eigenvalue weighted by molar-refractivity contribution is 4.72. The first-order chi connectivity index (χ1) is 14.0. The van der Waals surface area contributed by atoms with Gasteiger partial charge >= 0.3 is 0 Å². The van der Waals surface area contributed by atoms with Crippen molar-refractivity contribution < 1.29 is 0 Å². The molecule has 4 nitrogen and oxygen atoms in total. The quantitative estimate of drug-likeness (QED) is 0.290. The lowest BCUT2D eigenvalue weighted by molar-refractivity contribution is 0.142. The molecule has 0 saturated carbocycles. The largest absolute Gasteiger partial charge is 0.301 e. The molecule has 0 amide bonds. The lowest BCUT2D eigenvalue weighted by Crippen LogP contribution is -2.41. The fraction of sp³-hybridized carbons (Fsp3) is 1.00. The van der Waals surface area contributed by atoms with Gasteiger partial charge in [-0.05, 0) is 134 Å². The Morgan fingerprint density at radius 3 is 0.967 bits per heavy atom. The van der Waals surface area contributed by atoms with E-state index in [1.165, 1.54) is 58.5 Å². The molecule has 30 heavy (non-hydrogen) atoms. The molecule has 0 aliphatic heterocycles. The molecule has 0 aromatic rings. The molecule has 0 bridgehead atoms. The van der Waals surface area contributed by atoms with E-state index in [1.54, 1.807) is 0 Å². The third-order valence-corrected chi connectivity index (χ3v) is 6.57. The molecule has 0 aromatic heterocycles. The molecule has 0 heterocycles. The van der Waals surface area contributed by atoms with E-state index in [1.807, 2.05) is 0 Å². The molecule has 0 rings (SSSR count). The molecule has 0 N–H and O–H groups in total. The maximum Gasteiger partial charge on any atom is 0.00413 e. The van der Waals surface area contributed by atoms with Crippen molar-refractivity contribution in [3.05, 3.63) is 0 Å². The van der Waals surface area contributed by atoms with E-state index >= 15 is 0 Å². The monoisotopic (exact) mass is 426 g/mol. The van der Waals surface area contributed by atoms with Crippen LogP contribution in [-0.2, 0) is 0 Å². The molecule has 0 radical (unpaired) electrons. The lowest BCUT2D eigenvalue weighted by atomic mass is 10.2. The first-order valence-electron chi connectivity index (χ1n) is 13.0. The Labute approximate surface area is 191 Å². The van der Waals surface area contributed by atoms with E-state index in [0.717, 1.165) is 6.54 Å². The van der Waals surface area contributed by atoms with Crippen molar-refractivity contribution in [2.75, 3.05) is 45.8 Å². The summed E-state index contributed by atoms with van der Waals surface area (Å²) in [5, 5.41) is 0. The second-order valence-electron chi connectivity index (χ2n) is 10.5. The van der Waals surface area contributed by atoms with Gasteiger partial charge in [-0.25, -0.2) is 0 Å². The fourth-order valence-corrected chi connectivity index (χ4v) is 4.56. The van der Waals surface area contributed by atoms with Crippen LogP contribution in [-0.4, -0.2) is 95.6 Å². The standard InChI is InChI=1S/C26H58N4/c1-12-27(22(2)3)16-13-17-28(23(4)5)18-14-19-29(24(6)7)20-15-21-30(25(8)9)26(10)11/h22-26H,12-21H2,1-11H3. The number of hydrogen-bond acceptors (Lipinski definition) is 4. The molecular weight excluding hydrogens is 368 g/mol. The van der Waals surface area contributed by atoms with E-state index < -0.39 is 0 Å². The number of rotatable bonds is 18. The lowest BCUT2D eigenvalue weighted by Gasteiger charge is -2.33. The molecule has 0 aliphatic rings. The summed E-state index contributed by atoms with van der Waals surface area (Å²) >= 11 is 0. The minimum absolute atomic E-state index is 0.633. The molecule has 0 fully saturated rings. The normalized spacial score (nSPS) is 13.2. The van der Waals surface area contributed by atoms with Crippen molar-refractivity contribution in [2.45, 2.75) is 126 Å². The van der Waals surface area contributed by atoms with Crippen molar-refractivity contribution in [1.29, 1.82) is 0 Å². The van der Waals surface area contributed by atoms with Gasteiger partial charge in [0.1, 0.15) is 0 Å². The smallest absolute Gasteiger partial charge is 0.00413 e. The predicted octanol–water partition coefficient (Wildman–Crippen LogP) is 5.43. The van der Waals surface area contributed by atoms with Gasteiger partial charge in [-0.15, -0.1) is 0 Å². The van der Waals surface area contributed by atoms with Crippen molar-refractivity contribution in [3.63, 3.8) is 0 Å². The molecule has 4 heteroatoms. The van der Waals surface area contributed by atoms with E-state index in [4.69, 9.17) is 0 Å². The van der Waals surface area contributed by atoms with Gasteiger partial charge in [0.2, 0.25) is 0 Å². The van der Waals surface area contributed by atoms with Crippen LogP contribution in [0.15, 0.2) is 0 Å². The molecule has 182 valence electrons. The molecule has 0 unspecified atom stereocenters. The van der Waals surface area contributed by atoms with E-state index in [-0.39, 0.29) is 0 Å². The van der Waals surface area contributed by atoms with Crippen LogP contribution in [0.3, 0.4) is 0 Å². The Balaban J connectivity index is 4.42. The van der Waals surface area contributed by atoms with Gasteiger partial charge < -0.3 is 14.7 Å². The number of nitrogens with zero attached hydrogens (tertiary/aromatic N) is 4. The second kappa shape index (κ2) is 16.5. The molecule has 0 atom stereocenters. The summed E-state index contributed by atoms with van der Waals surface area (Å²) in [6.07, 6.45) is 3.82. The van der Waals surface area contributed by atoms with Gasteiger partial charge in [0.15, 0.2) is 0 Å². The van der Waals surface area contributed by atoms with Crippen molar-refractivity contribution in [1.82, 2.24) is 19.6 Å². The highest BCUT2D eigenvalue weighted by Crippen LogP contribution is 2.10. The predicted molar refractivity (Wildman–Crippen MR) is 137 cm³/mol. The highest BCUT2D eigenvalue weighted by atomic mass is 15.2. The van der Waals surface area contributed by atoms with Gasteiger partial charge in [-0.1, -0.05) is 6.92 Å². The van der Waals surface area contributed by atoms with E-state index in [2.05, 4.69) is 95.8 Å². The third-order valence-electron chi connectivity index (χ3n) is 6.57. The van der Waals surface area contributed by atoms with Crippen molar-refractivity contribution in [3.8, 4) is 0 Å². The fourth-order valence-electron chi connectivity index (χ4n) is 4.56. The van der Waals surface area contributed by atoms with Gasteiger partial charge in [-0.2, -0.15) is 0 Å². The van der Waals surface area contributed by atoms with Gasteiger partial charge in [-0.3, -0.25) is 4.90 Å². The van der Waals surface area contributed by atoms with E-state index in [9.17, 15) is 0 Å². The first kappa shape index (κ1) is 29.8. The van der Waals surface area contributed by atoms with Gasteiger partial charge in [0, 0.05) is 30.2 Å². The van der Waals surface area contributed by atoms with Crippen LogP contribution in [0, 0.1) is 0 Å². The van der Waals surface area contributed by atoms with Crippen LogP contribution in [0.2, 0.25) is 0 Å². The molecule has 0 spiro atoms. The maximum absolute atomic E-state index is 2.69. The topological polar surface area (TPSA) is 13.0 Å². The Kier molecular flexibility index (Phi) is 16.4. The van der Waals surface area contributed by atoms with Crippen LogP contribution < -0.4 is 0 Å². The maximum atomic E-state index is 2.69. The zero-order valence-electron chi connectivity index (χ0n) is 22.7. The average Bonchev–Trinajstić information content (AvgIpc) is 2.63. The van der Waals surface area contributed by atoms with Crippen LogP contribution in [0.1, 0.15) is 95.4 Å².